The van der Waals surface area contributed by atoms with Crippen LogP contribution in [0.2, 0.25) is 0 Å². The number of nitrogens with zero attached hydrogens (tertiary/aromatic N) is 6. The largest absolute Gasteiger partial charge is 0.497 e. The third-order valence-electron chi connectivity index (χ3n) is 8.25. The van der Waals surface area contributed by atoms with Crippen molar-refractivity contribution in [3.05, 3.63) is 102 Å². The van der Waals surface area contributed by atoms with Gasteiger partial charge in [0, 0.05) is 12.0 Å². The van der Waals surface area contributed by atoms with Crippen molar-refractivity contribution in [2.24, 2.45) is 15.4 Å². The van der Waals surface area contributed by atoms with E-state index in [4.69, 9.17) is 14.6 Å². The molecule has 0 unspecified atom stereocenters. The number of fused-ring (bicyclic) bond motifs is 2. The van der Waals surface area contributed by atoms with E-state index in [0.717, 1.165) is 32.5 Å². The standard InChI is InChI=1S/C33H28N6O5/c1-43-22-16-14-21(15-17-22)27-18-25(24-11-7-9-20-8-3-4-10-23(20)24)35-39(27)29(40)19-37-31-30(34-36-37)32(41)38(33(31)42)26-12-5-6-13-28(26)44-2/h3-17,27,30-31H,18-19H2,1-2H3/t27-,30+,31+/m0/s1. The topological polar surface area (TPSA) is 116 Å². The van der Waals surface area contributed by atoms with E-state index in [9.17, 15) is 14.4 Å². The molecule has 3 aliphatic heterocycles. The molecule has 1 fully saturated rings. The smallest absolute Gasteiger partial charge is 0.264 e. The third kappa shape index (κ3) is 4.44. The summed E-state index contributed by atoms with van der Waals surface area (Å²) in [4.78, 5) is 42.0. The Morgan fingerprint density at radius 2 is 1.61 bits per heavy atom. The maximum Gasteiger partial charge on any atom is 0.264 e. The van der Waals surface area contributed by atoms with E-state index in [1.165, 1.54) is 17.1 Å². The second-order valence-electron chi connectivity index (χ2n) is 10.7. The molecule has 220 valence electrons. The van der Waals surface area contributed by atoms with Crippen molar-refractivity contribution >= 4 is 39.9 Å². The van der Waals surface area contributed by atoms with Gasteiger partial charge in [-0.2, -0.15) is 10.2 Å². The minimum absolute atomic E-state index is 0.289. The van der Waals surface area contributed by atoms with Crippen molar-refractivity contribution in [3.8, 4) is 11.5 Å². The Morgan fingerprint density at radius 1 is 0.864 bits per heavy atom. The molecule has 0 aliphatic carbocycles. The molecule has 3 atom stereocenters. The Hall–Kier alpha value is -5.58. The zero-order chi connectivity index (χ0) is 30.4. The molecule has 0 bridgehead atoms. The number of carbonyl (C=O) groups excluding carboxylic acids is 3. The normalized spacial score (nSPS) is 20.8. The molecular weight excluding hydrogens is 560 g/mol. The number of imide groups is 1. The summed E-state index contributed by atoms with van der Waals surface area (Å²) in [7, 11) is 3.07. The molecular formula is C33H28N6O5. The number of hydrogen-bond acceptors (Lipinski definition) is 9. The van der Waals surface area contributed by atoms with E-state index in [0.29, 0.717) is 23.6 Å². The summed E-state index contributed by atoms with van der Waals surface area (Å²) in [5.74, 6) is -0.334. The van der Waals surface area contributed by atoms with Crippen molar-refractivity contribution in [2.75, 3.05) is 25.7 Å². The average molecular weight is 589 g/mol. The van der Waals surface area contributed by atoms with E-state index < -0.39 is 29.9 Å². The van der Waals surface area contributed by atoms with Gasteiger partial charge in [-0.3, -0.25) is 19.4 Å². The first-order chi connectivity index (χ1) is 21.5. The van der Waals surface area contributed by atoms with Crippen LogP contribution in [0, 0.1) is 0 Å². The van der Waals surface area contributed by atoms with Crippen LogP contribution < -0.4 is 14.4 Å². The Balaban J connectivity index is 1.19. The Labute approximate surface area is 252 Å². The molecule has 11 heteroatoms. The van der Waals surface area contributed by atoms with Gasteiger partial charge in [0.1, 0.15) is 18.0 Å². The highest BCUT2D eigenvalue weighted by Crippen LogP contribution is 2.38. The molecule has 3 aliphatic rings. The van der Waals surface area contributed by atoms with E-state index in [1.54, 1.807) is 31.4 Å². The predicted molar refractivity (Wildman–Crippen MR) is 162 cm³/mol. The van der Waals surface area contributed by atoms with Crippen LogP contribution in [0.5, 0.6) is 11.5 Å². The molecule has 0 saturated carbocycles. The molecule has 1 saturated heterocycles. The van der Waals surface area contributed by atoms with Crippen LogP contribution in [-0.2, 0) is 14.4 Å². The number of anilines is 1. The van der Waals surface area contributed by atoms with Crippen molar-refractivity contribution < 1.29 is 23.9 Å². The lowest BCUT2D eigenvalue weighted by atomic mass is 9.95. The second-order valence-corrected chi connectivity index (χ2v) is 10.7. The summed E-state index contributed by atoms with van der Waals surface area (Å²) in [6, 6.07) is 25.9. The number of rotatable bonds is 7. The lowest BCUT2D eigenvalue weighted by molar-refractivity contribution is -0.135. The van der Waals surface area contributed by atoms with Crippen LogP contribution in [-0.4, -0.2) is 66.3 Å². The number of para-hydroxylation sites is 2. The van der Waals surface area contributed by atoms with Crippen LogP contribution in [0.25, 0.3) is 10.8 Å². The van der Waals surface area contributed by atoms with Gasteiger partial charge in [-0.25, -0.2) is 9.91 Å². The van der Waals surface area contributed by atoms with Crippen LogP contribution in [0.3, 0.4) is 0 Å². The van der Waals surface area contributed by atoms with Crippen molar-refractivity contribution in [3.63, 3.8) is 0 Å². The van der Waals surface area contributed by atoms with E-state index in [-0.39, 0.29) is 12.5 Å². The van der Waals surface area contributed by atoms with E-state index in [1.807, 2.05) is 66.7 Å². The first-order valence-electron chi connectivity index (χ1n) is 14.2. The van der Waals surface area contributed by atoms with Crippen molar-refractivity contribution in [1.82, 2.24) is 10.0 Å². The van der Waals surface area contributed by atoms with Gasteiger partial charge in [-0.15, -0.1) is 0 Å². The molecule has 3 heterocycles. The molecule has 7 rings (SSSR count). The molecule has 44 heavy (non-hydrogen) atoms. The van der Waals surface area contributed by atoms with Gasteiger partial charge < -0.3 is 9.47 Å². The summed E-state index contributed by atoms with van der Waals surface area (Å²) in [5, 5.41) is 17.9. The Morgan fingerprint density at radius 3 is 2.41 bits per heavy atom. The van der Waals surface area contributed by atoms with E-state index >= 15 is 0 Å². The zero-order valence-corrected chi connectivity index (χ0v) is 24.0. The van der Waals surface area contributed by atoms with Crippen LogP contribution in [0.15, 0.2) is 106 Å². The summed E-state index contributed by atoms with van der Waals surface area (Å²) in [6.45, 7) is -0.289. The van der Waals surface area contributed by atoms with Crippen LogP contribution in [0.4, 0.5) is 5.69 Å². The molecule has 0 spiro atoms. The van der Waals surface area contributed by atoms with Gasteiger partial charge in [0.15, 0.2) is 12.1 Å². The summed E-state index contributed by atoms with van der Waals surface area (Å²) < 4.78 is 10.7. The Kier molecular flexibility index (Phi) is 6.77. The number of hydrazone groups is 1. The number of ether oxygens (including phenoxy) is 2. The number of methoxy groups -OCH3 is 2. The molecule has 0 radical (unpaired) electrons. The molecule has 4 aromatic rings. The SMILES string of the molecule is COc1ccc([C@@H]2CC(c3cccc4ccccc34)=NN2C(=O)CN2N=N[C@H]3C(=O)N(c4ccccc4OC)C(=O)[C@@H]32)cc1. The number of amides is 3. The summed E-state index contributed by atoms with van der Waals surface area (Å²) in [5.41, 5.74) is 2.92. The van der Waals surface area contributed by atoms with Crippen LogP contribution in [0.1, 0.15) is 23.6 Å². The maximum atomic E-state index is 14.0. The summed E-state index contributed by atoms with van der Waals surface area (Å²) >= 11 is 0. The first-order valence-corrected chi connectivity index (χ1v) is 14.2. The monoisotopic (exact) mass is 588 g/mol. The molecule has 3 amide bonds. The highest BCUT2D eigenvalue weighted by Gasteiger charge is 2.56. The third-order valence-corrected chi connectivity index (χ3v) is 8.25. The minimum Gasteiger partial charge on any atom is -0.497 e. The lowest BCUT2D eigenvalue weighted by Crippen LogP contribution is -2.44. The highest BCUT2D eigenvalue weighted by atomic mass is 16.5. The second kappa shape index (κ2) is 10.9. The lowest BCUT2D eigenvalue weighted by Gasteiger charge is -2.25. The van der Waals surface area contributed by atoms with Crippen LogP contribution >= 0.6 is 0 Å². The number of carbonyl (C=O) groups is 3. The fourth-order valence-electron chi connectivity index (χ4n) is 6.08. The zero-order valence-electron chi connectivity index (χ0n) is 24.0. The van der Waals surface area contributed by atoms with Crippen molar-refractivity contribution in [2.45, 2.75) is 24.5 Å². The molecule has 0 aromatic heterocycles. The number of hydrogen-bond donors (Lipinski definition) is 0. The maximum absolute atomic E-state index is 14.0. The van der Waals surface area contributed by atoms with Gasteiger partial charge in [0.2, 0.25) is 0 Å². The van der Waals surface area contributed by atoms with Gasteiger partial charge in [0.05, 0.1) is 31.7 Å². The minimum atomic E-state index is -1.05. The fourth-order valence-corrected chi connectivity index (χ4v) is 6.08. The van der Waals surface area contributed by atoms with Gasteiger partial charge in [0.25, 0.3) is 17.7 Å². The van der Waals surface area contributed by atoms with E-state index in [2.05, 4.69) is 10.3 Å². The fraction of sp³-hybridized carbons (Fsp3) is 0.212. The predicted octanol–water partition coefficient (Wildman–Crippen LogP) is 4.53. The van der Waals surface area contributed by atoms with Gasteiger partial charge in [-0.05, 0) is 40.6 Å². The Bertz CT molecular complexity index is 1850. The first kappa shape index (κ1) is 27.3. The van der Waals surface area contributed by atoms with Gasteiger partial charge >= 0.3 is 0 Å². The van der Waals surface area contributed by atoms with Crippen molar-refractivity contribution in [1.29, 1.82) is 0 Å². The quantitative estimate of drug-likeness (QED) is 0.293. The molecule has 11 nitrogen and oxygen atoms in total. The average Bonchev–Trinajstić information content (AvgIpc) is 3.76. The summed E-state index contributed by atoms with van der Waals surface area (Å²) in [6.07, 6.45) is 0.485. The number of benzene rings is 4. The molecule has 0 N–H and O–H groups in total. The molecule has 4 aromatic carbocycles. The van der Waals surface area contributed by atoms with Gasteiger partial charge in [-0.1, -0.05) is 72.0 Å². The highest BCUT2D eigenvalue weighted by molar-refractivity contribution is 6.26.